The number of hydrogen-bond donors (Lipinski definition) is 1. The molecule has 0 saturated carbocycles. The first-order valence-electron chi connectivity index (χ1n) is 6.23. The molecule has 0 unspecified atom stereocenters. The lowest BCUT2D eigenvalue weighted by molar-refractivity contribution is -0.0498. The Labute approximate surface area is 129 Å². The molecule has 2 rings (SSSR count). The van der Waals surface area contributed by atoms with Crippen LogP contribution in [0, 0.1) is 5.82 Å². The lowest BCUT2D eigenvalue weighted by Gasteiger charge is -2.08. The van der Waals surface area contributed by atoms with Gasteiger partial charge in [0.2, 0.25) is 0 Å². The summed E-state index contributed by atoms with van der Waals surface area (Å²) in [5, 5.41) is 3.10. The van der Waals surface area contributed by atoms with Crippen LogP contribution in [-0.2, 0) is 13.1 Å². The Morgan fingerprint density at radius 2 is 1.76 bits per heavy atom. The van der Waals surface area contributed by atoms with Crippen LogP contribution < -0.4 is 10.1 Å². The highest BCUT2D eigenvalue weighted by molar-refractivity contribution is 9.10. The van der Waals surface area contributed by atoms with E-state index < -0.39 is 6.61 Å². The van der Waals surface area contributed by atoms with Crippen molar-refractivity contribution in [1.29, 1.82) is 0 Å². The van der Waals surface area contributed by atoms with Crippen LogP contribution in [0.4, 0.5) is 13.2 Å². The van der Waals surface area contributed by atoms with Crippen molar-refractivity contribution in [2.24, 2.45) is 0 Å². The van der Waals surface area contributed by atoms with Gasteiger partial charge in [0.1, 0.15) is 11.6 Å². The molecule has 1 N–H and O–H groups in total. The zero-order valence-electron chi connectivity index (χ0n) is 11.0. The predicted octanol–water partition coefficient (Wildman–Crippen LogP) is 4.48. The van der Waals surface area contributed by atoms with Gasteiger partial charge < -0.3 is 10.1 Å². The zero-order valence-corrected chi connectivity index (χ0v) is 12.5. The van der Waals surface area contributed by atoms with E-state index in [4.69, 9.17) is 0 Å². The van der Waals surface area contributed by atoms with Crippen molar-refractivity contribution < 1.29 is 17.9 Å². The Morgan fingerprint density at radius 1 is 1.05 bits per heavy atom. The zero-order chi connectivity index (χ0) is 15.2. The van der Waals surface area contributed by atoms with Gasteiger partial charge in [-0.25, -0.2) is 4.39 Å². The molecule has 21 heavy (non-hydrogen) atoms. The Hall–Kier alpha value is -1.53. The molecule has 0 radical (unpaired) electrons. The van der Waals surface area contributed by atoms with Gasteiger partial charge in [-0.05, 0) is 35.9 Å². The third kappa shape index (κ3) is 5.06. The van der Waals surface area contributed by atoms with Crippen LogP contribution in [0.25, 0.3) is 0 Å². The van der Waals surface area contributed by atoms with Crippen molar-refractivity contribution in [3.63, 3.8) is 0 Å². The summed E-state index contributed by atoms with van der Waals surface area (Å²) >= 11 is 3.29. The highest BCUT2D eigenvalue weighted by atomic mass is 79.9. The Morgan fingerprint density at radius 3 is 2.43 bits per heavy atom. The molecule has 0 fully saturated rings. The SMILES string of the molecule is Fc1ccc(Br)cc1CNCc1ccc(OC(F)F)cc1. The number of rotatable bonds is 6. The van der Waals surface area contributed by atoms with Crippen molar-refractivity contribution >= 4 is 15.9 Å². The first-order chi connectivity index (χ1) is 10.0. The summed E-state index contributed by atoms with van der Waals surface area (Å²) in [6.45, 7) is -1.95. The van der Waals surface area contributed by atoms with Gasteiger partial charge in [-0.15, -0.1) is 0 Å². The van der Waals surface area contributed by atoms with Gasteiger partial charge in [-0.2, -0.15) is 8.78 Å². The van der Waals surface area contributed by atoms with Crippen molar-refractivity contribution in [2.75, 3.05) is 0 Å². The summed E-state index contributed by atoms with van der Waals surface area (Å²) in [6.07, 6.45) is 0. The van der Waals surface area contributed by atoms with Gasteiger partial charge in [0.25, 0.3) is 0 Å². The molecule has 112 valence electrons. The summed E-state index contributed by atoms with van der Waals surface area (Å²) < 4.78 is 42.6. The van der Waals surface area contributed by atoms with Crippen LogP contribution in [-0.4, -0.2) is 6.61 Å². The maximum absolute atomic E-state index is 13.5. The van der Waals surface area contributed by atoms with E-state index in [0.29, 0.717) is 18.7 Å². The van der Waals surface area contributed by atoms with E-state index in [0.717, 1.165) is 10.0 Å². The van der Waals surface area contributed by atoms with E-state index in [1.54, 1.807) is 24.3 Å². The molecule has 2 nitrogen and oxygen atoms in total. The first kappa shape index (κ1) is 15.9. The van der Waals surface area contributed by atoms with Gasteiger partial charge in [-0.1, -0.05) is 28.1 Å². The molecule has 2 aromatic carbocycles. The standard InChI is InChI=1S/C15H13BrF3NO/c16-12-3-6-14(17)11(7-12)9-20-8-10-1-4-13(5-2-10)21-15(18)19/h1-7,15,20H,8-9H2. The number of nitrogens with one attached hydrogen (secondary N) is 1. The van der Waals surface area contributed by atoms with Crippen molar-refractivity contribution in [3.05, 3.63) is 63.9 Å². The van der Waals surface area contributed by atoms with Crippen LogP contribution in [0.15, 0.2) is 46.9 Å². The second-order valence-corrected chi connectivity index (χ2v) is 5.28. The molecule has 0 bridgehead atoms. The van der Waals surface area contributed by atoms with E-state index in [1.165, 1.54) is 18.2 Å². The normalized spacial score (nSPS) is 10.9. The first-order valence-corrected chi connectivity index (χ1v) is 7.02. The van der Waals surface area contributed by atoms with E-state index >= 15 is 0 Å². The molecule has 0 spiro atoms. The average molecular weight is 360 g/mol. The fourth-order valence-electron chi connectivity index (χ4n) is 1.81. The molecule has 0 saturated heterocycles. The summed E-state index contributed by atoms with van der Waals surface area (Å²) in [5.74, 6) is -0.154. The molecule has 6 heteroatoms. The van der Waals surface area contributed by atoms with Gasteiger partial charge >= 0.3 is 6.61 Å². The fraction of sp³-hybridized carbons (Fsp3) is 0.200. The van der Waals surface area contributed by atoms with Crippen LogP contribution in [0.1, 0.15) is 11.1 Å². The summed E-state index contributed by atoms with van der Waals surface area (Å²) in [7, 11) is 0. The maximum Gasteiger partial charge on any atom is 0.387 e. The molecule has 0 aromatic heterocycles. The van der Waals surface area contributed by atoms with Crippen molar-refractivity contribution in [1.82, 2.24) is 5.32 Å². The number of alkyl halides is 2. The van der Waals surface area contributed by atoms with Gasteiger partial charge in [-0.3, -0.25) is 0 Å². The number of benzene rings is 2. The number of halogens is 4. The maximum atomic E-state index is 13.5. The van der Waals surface area contributed by atoms with Crippen molar-refractivity contribution in [2.45, 2.75) is 19.7 Å². The minimum Gasteiger partial charge on any atom is -0.435 e. The van der Waals surface area contributed by atoms with E-state index in [1.807, 2.05) is 0 Å². The lowest BCUT2D eigenvalue weighted by Crippen LogP contribution is -2.13. The molecule has 0 amide bonds. The molecule has 0 aliphatic rings. The molecular weight excluding hydrogens is 347 g/mol. The average Bonchev–Trinajstić information content (AvgIpc) is 2.44. The van der Waals surface area contributed by atoms with Crippen molar-refractivity contribution in [3.8, 4) is 5.75 Å². The largest absolute Gasteiger partial charge is 0.435 e. The van der Waals surface area contributed by atoms with Crippen LogP contribution in [0.2, 0.25) is 0 Å². The van der Waals surface area contributed by atoms with Gasteiger partial charge in [0.05, 0.1) is 0 Å². The topological polar surface area (TPSA) is 21.3 Å². The highest BCUT2D eigenvalue weighted by Crippen LogP contribution is 2.17. The fourth-order valence-corrected chi connectivity index (χ4v) is 2.22. The summed E-state index contributed by atoms with van der Waals surface area (Å²) in [4.78, 5) is 0. The molecule has 0 aliphatic carbocycles. The predicted molar refractivity (Wildman–Crippen MR) is 77.7 cm³/mol. The molecule has 0 atom stereocenters. The van der Waals surface area contributed by atoms with E-state index in [2.05, 4.69) is 26.0 Å². The van der Waals surface area contributed by atoms with Gasteiger partial charge in [0, 0.05) is 23.1 Å². The lowest BCUT2D eigenvalue weighted by atomic mass is 10.2. The van der Waals surface area contributed by atoms with E-state index in [9.17, 15) is 13.2 Å². The third-order valence-electron chi connectivity index (χ3n) is 2.80. The third-order valence-corrected chi connectivity index (χ3v) is 3.29. The molecular formula is C15H13BrF3NO. The summed E-state index contributed by atoms with van der Waals surface area (Å²) in [6, 6.07) is 11.1. The number of hydrogen-bond acceptors (Lipinski definition) is 2. The highest BCUT2D eigenvalue weighted by Gasteiger charge is 2.05. The second kappa shape index (κ2) is 7.47. The summed E-state index contributed by atoms with van der Waals surface area (Å²) in [5.41, 5.74) is 1.45. The molecule has 0 heterocycles. The Kier molecular flexibility index (Phi) is 5.64. The smallest absolute Gasteiger partial charge is 0.387 e. The Balaban J connectivity index is 1.87. The van der Waals surface area contributed by atoms with Crippen LogP contribution in [0.3, 0.4) is 0 Å². The minimum absolute atomic E-state index is 0.117. The van der Waals surface area contributed by atoms with E-state index in [-0.39, 0.29) is 11.6 Å². The molecule has 0 aliphatic heterocycles. The molecule has 2 aromatic rings. The quantitative estimate of drug-likeness (QED) is 0.820. The Bertz CT molecular complexity index is 590. The second-order valence-electron chi connectivity index (χ2n) is 4.36. The minimum atomic E-state index is -2.83. The van der Waals surface area contributed by atoms with Crippen LogP contribution in [0.5, 0.6) is 5.75 Å². The van der Waals surface area contributed by atoms with Crippen LogP contribution >= 0.6 is 15.9 Å². The monoisotopic (exact) mass is 359 g/mol. The number of ether oxygens (including phenoxy) is 1. The van der Waals surface area contributed by atoms with Gasteiger partial charge in [0.15, 0.2) is 0 Å².